The molecule has 0 amide bonds. The average molecular weight is 258 g/mol. The van der Waals surface area contributed by atoms with Gasteiger partial charge in [0.15, 0.2) is 8.32 Å². The SMILES string of the molecule is C=CC(=O)OCCCCC[Si](C)(CCC)OC. The summed E-state index contributed by atoms with van der Waals surface area (Å²) in [6.45, 7) is 8.37. The van der Waals surface area contributed by atoms with Crippen LogP contribution in [0.25, 0.3) is 0 Å². The van der Waals surface area contributed by atoms with Crippen LogP contribution >= 0.6 is 0 Å². The predicted octanol–water partition coefficient (Wildman–Crippen LogP) is 3.52. The molecule has 0 rings (SSSR count). The van der Waals surface area contributed by atoms with Crippen LogP contribution in [0, 0.1) is 0 Å². The predicted molar refractivity (Wildman–Crippen MR) is 73.5 cm³/mol. The van der Waals surface area contributed by atoms with Crippen molar-refractivity contribution in [2.75, 3.05) is 13.7 Å². The lowest BCUT2D eigenvalue weighted by molar-refractivity contribution is -0.137. The summed E-state index contributed by atoms with van der Waals surface area (Å²) in [5.41, 5.74) is 0. The normalized spacial score (nSPS) is 14.1. The molecule has 0 N–H and O–H groups in total. The van der Waals surface area contributed by atoms with Crippen molar-refractivity contribution in [2.24, 2.45) is 0 Å². The van der Waals surface area contributed by atoms with Crippen LogP contribution in [-0.4, -0.2) is 28.0 Å². The largest absolute Gasteiger partial charge is 0.463 e. The van der Waals surface area contributed by atoms with Gasteiger partial charge in [-0.25, -0.2) is 4.79 Å². The standard InChI is InChI=1S/C13H26O3Si/c1-5-11-17(4,15-3)12-9-7-8-10-16-13(14)6-2/h6H,2,5,7-12H2,1,3-4H3. The van der Waals surface area contributed by atoms with Crippen molar-refractivity contribution in [3.05, 3.63) is 12.7 Å². The molecular weight excluding hydrogens is 232 g/mol. The molecule has 0 fully saturated rings. The van der Waals surface area contributed by atoms with Gasteiger partial charge in [-0.05, 0) is 25.1 Å². The van der Waals surface area contributed by atoms with Gasteiger partial charge in [0.05, 0.1) is 6.61 Å². The van der Waals surface area contributed by atoms with Gasteiger partial charge in [-0.15, -0.1) is 0 Å². The molecule has 1 atom stereocenters. The number of carbonyl (C=O) groups excluding carboxylic acids is 1. The first kappa shape index (κ1) is 16.4. The summed E-state index contributed by atoms with van der Waals surface area (Å²) in [4.78, 5) is 10.8. The van der Waals surface area contributed by atoms with Gasteiger partial charge in [0.2, 0.25) is 0 Å². The molecule has 17 heavy (non-hydrogen) atoms. The van der Waals surface area contributed by atoms with E-state index in [0.717, 1.165) is 12.8 Å². The molecule has 0 aromatic rings. The first-order valence-corrected chi connectivity index (χ1v) is 9.24. The molecule has 0 radical (unpaired) electrons. The van der Waals surface area contributed by atoms with Gasteiger partial charge in [0, 0.05) is 13.2 Å². The lowest BCUT2D eigenvalue weighted by atomic mass is 10.3. The maximum absolute atomic E-state index is 10.8. The van der Waals surface area contributed by atoms with Crippen LogP contribution in [-0.2, 0) is 14.0 Å². The molecule has 100 valence electrons. The van der Waals surface area contributed by atoms with E-state index in [2.05, 4.69) is 20.0 Å². The van der Waals surface area contributed by atoms with Crippen molar-refractivity contribution in [2.45, 2.75) is 51.2 Å². The minimum absolute atomic E-state index is 0.327. The van der Waals surface area contributed by atoms with Gasteiger partial charge in [-0.2, -0.15) is 0 Å². The molecule has 0 aliphatic heterocycles. The van der Waals surface area contributed by atoms with E-state index in [4.69, 9.17) is 9.16 Å². The van der Waals surface area contributed by atoms with E-state index in [1.165, 1.54) is 31.0 Å². The third-order valence-corrected chi connectivity index (χ3v) is 6.99. The Bertz CT molecular complexity index is 231. The fourth-order valence-electron chi connectivity index (χ4n) is 1.87. The van der Waals surface area contributed by atoms with Crippen molar-refractivity contribution in [1.82, 2.24) is 0 Å². The number of carbonyl (C=O) groups is 1. The number of esters is 1. The zero-order valence-electron chi connectivity index (χ0n) is 11.5. The monoisotopic (exact) mass is 258 g/mol. The van der Waals surface area contributed by atoms with Crippen molar-refractivity contribution < 1.29 is 14.0 Å². The highest BCUT2D eigenvalue weighted by Crippen LogP contribution is 2.21. The first-order valence-electron chi connectivity index (χ1n) is 6.42. The average Bonchev–Trinajstić information content (AvgIpc) is 2.33. The van der Waals surface area contributed by atoms with Gasteiger partial charge in [0.1, 0.15) is 0 Å². The van der Waals surface area contributed by atoms with Crippen molar-refractivity contribution in [3.63, 3.8) is 0 Å². The van der Waals surface area contributed by atoms with E-state index in [1.807, 2.05) is 7.11 Å². The number of rotatable bonds is 10. The van der Waals surface area contributed by atoms with E-state index < -0.39 is 8.32 Å². The maximum Gasteiger partial charge on any atom is 0.330 e. The molecule has 0 heterocycles. The summed E-state index contributed by atoms with van der Waals surface area (Å²) in [7, 11) is 0.405. The van der Waals surface area contributed by atoms with Crippen molar-refractivity contribution in [1.29, 1.82) is 0 Å². The molecule has 1 unspecified atom stereocenters. The first-order chi connectivity index (χ1) is 8.08. The quantitative estimate of drug-likeness (QED) is 0.260. The fraction of sp³-hybridized carbons (Fsp3) is 0.769. The Labute approximate surface area is 106 Å². The summed E-state index contributed by atoms with van der Waals surface area (Å²) in [6, 6.07) is 2.43. The van der Waals surface area contributed by atoms with E-state index in [0.29, 0.717) is 6.61 Å². The Morgan fingerprint density at radius 1 is 1.29 bits per heavy atom. The van der Waals surface area contributed by atoms with Gasteiger partial charge in [-0.3, -0.25) is 0 Å². The lowest BCUT2D eigenvalue weighted by Gasteiger charge is -2.24. The fourth-order valence-corrected chi connectivity index (χ4v) is 4.58. The molecular formula is C13H26O3Si. The molecule has 0 bridgehead atoms. The topological polar surface area (TPSA) is 35.5 Å². The molecule has 0 saturated carbocycles. The minimum Gasteiger partial charge on any atom is -0.463 e. The zero-order chi connectivity index (χ0) is 13.1. The van der Waals surface area contributed by atoms with Gasteiger partial charge < -0.3 is 9.16 Å². The third-order valence-electron chi connectivity index (χ3n) is 3.03. The molecule has 0 aromatic carbocycles. The number of ether oxygens (including phenoxy) is 1. The van der Waals surface area contributed by atoms with Gasteiger partial charge >= 0.3 is 5.97 Å². The Kier molecular flexibility index (Phi) is 9.08. The highest BCUT2D eigenvalue weighted by Gasteiger charge is 2.25. The van der Waals surface area contributed by atoms with Crippen molar-refractivity contribution >= 4 is 14.3 Å². The Balaban J connectivity index is 3.55. The molecule has 0 aromatic heterocycles. The zero-order valence-corrected chi connectivity index (χ0v) is 12.5. The summed E-state index contributed by atoms with van der Waals surface area (Å²) in [5, 5.41) is 0. The molecule has 0 aliphatic carbocycles. The molecule has 0 spiro atoms. The second kappa shape index (κ2) is 9.42. The second-order valence-corrected chi connectivity index (χ2v) is 8.89. The molecule has 3 nitrogen and oxygen atoms in total. The third kappa shape index (κ3) is 8.16. The number of unbranched alkanes of at least 4 members (excludes halogenated alkanes) is 2. The van der Waals surface area contributed by atoms with Gasteiger partial charge in [-0.1, -0.05) is 32.8 Å². The van der Waals surface area contributed by atoms with E-state index >= 15 is 0 Å². The molecule has 4 heteroatoms. The van der Waals surface area contributed by atoms with E-state index in [-0.39, 0.29) is 5.97 Å². The highest BCUT2D eigenvalue weighted by atomic mass is 28.4. The Morgan fingerprint density at radius 2 is 2.00 bits per heavy atom. The maximum atomic E-state index is 10.8. The van der Waals surface area contributed by atoms with Crippen LogP contribution in [0.1, 0.15) is 32.6 Å². The minimum atomic E-state index is -1.44. The number of hydrogen-bond donors (Lipinski definition) is 0. The van der Waals surface area contributed by atoms with Crippen molar-refractivity contribution in [3.8, 4) is 0 Å². The van der Waals surface area contributed by atoms with Crippen LogP contribution in [0.15, 0.2) is 12.7 Å². The van der Waals surface area contributed by atoms with Crippen LogP contribution in [0.2, 0.25) is 18.6 Å². The number of hydrogen-bond acceptors (Lipinski definition) is 3. The second-order valence-electron chi connectivity index (χ2n) is 4.59. The molecule has 0 saturated heterocycles. The Hall–Kier alpha value is -0.613. The van der Waals surface area contributed by atoms with Crippen LogP contribution in [0.3, 0.4) is 0 Å². The summed E-state index contributed by atoms with van der Waals surface area (Å²) in [5.74, 6) is -0.327. The highest BCUT2D eigenvalue weighted by molar-refractivity contribution is 6.72. The molecule has 0 aliphatic rings. The van der Waals surface area contributed by atoms with E-state index in [1.54, 1.807) is 0 Å². The van der Waals surface area contributed by atoms with Crippen LogP contribution in [0.4, 0.5) is 0 Å². The smallest absolute Gasteiger partial charge is 0.330 e. The van der Waals surface area contributed by atoms with Gasteiger partial charge in [0.25, 0.3) is 0 Å². The van der Waals surface area contributed by atoms with Crippen LogP contribution in [0.5, 0.6) is 0 Å². The summed E-state index contributed by atoms with van der Waals surface area (Å²) >= 11 is 0. The van der Waals surface area contributed by atoms with E-state index in [9.17, 15) is 4.79 Å². The summed E-state index contributed by atoms with van der Waals surface area (Å²) in [6.07, 6.45) is 5.60. The van der Waals surface area contributed by atoms with Crippen LogP contribution < -0.4 is 0 Å². The summed E-state index contributed by atoms with van der Waals surface area (Å²) < 4.78 is 10.6. The lowest BCUT2D eigenvalue weighted by Crippen LogP contribution is -2.32. The Morgan fingerprint density at radius 3 is 2.53 bits per heavy atom.